The molecule has 4 amide bonds. The van der Waals surface area contributed by atoms with Crippen molar-refractivity contribution >= 4 is 41.3 Å². The molecule has 0 aromatic heterocycles. The van der Waals surface area contributed by atoms with Crippen LogP contribution in [-0.4, -0.2) is 53.2 Å². The number of esters is 1. The summed E-state index contributed by atoms with van der Waals surface area (Å²) < 4.78 is 4.92. The molecule has 1 aliphatic carbocycles. The van der Waals surface area contributed by atoms with Gasteiger partial charge in [-0.2, -0.15) is 5.26 Å². The maximum Gasteiger partial charge on any atom is 0.326 e. The number of thioether (sulfide) groups is 1. The van der Waals surface area contributed by atoms with Crippen LogP contribution in [-0.2, 0) is 19.1 Å². The lowest BCUT2D eigenvalue weighted by Crippen LogP contribution is -2.46. The number of carbonyl (C=O) groups excluding carboxylic acids is 4. The fraction of sp³-hybridized carbons (Fsp3) is 0.421. The summed E-state index contributed by atoms with van der Waals surface area (Å²) in [7, 11) is 0. The van der Waals surface area contributed by atoms with Crippen molar-refractivity contribution in [3.05, 3.63) is 24.3 Å². The van der Waals surface area contributed by atoms with Crippen LogP contribution in [0, 0.1) is 17.2 Å². The molecule has 2 N–H and O–H groups in total. The second-order valence-electron chi connectivity index (χ2n) is 6.95. The Labute approximate surface area is 171 Å². The predicted octanol–water partition coefficient (Wildman–Crippen LogP) is 1.50. The molecule has 1 aromatic carbocycles. The van der Waals surface area contributed by atoms with Gasteiger partial charge in [0.1, 0.15) is 12.1 Å². The number of nitrogens with one attached hydrogen (secondary N) is 2. The Hall–Kier alpha value is -3.06. The minimum atomic E-state index is -0.973. The Kier molecular flexibility index (Phi) is 6.08. The van der Waals surface area contributed by atoms with Crippen LogP contribution in [0.3, 0.4) is 0 Å². The third-order valence-corrected chi connectivity index (χ3v) is 5.74. The van der Waals surface area contributed by atoms with E-state index in [0.29, 0.717) is 10.6 Å². The molecule has 10 heteroatoms. The van der Waals surface area contributed by atoms with Gasteiger partial charge in [-0.3, -0.25) is 19.3 Å². The molecule has 1 atom stereocenters. The molecule has 29 heavy (non-hydrogen) atoms. The van der Waals surface area contributed by atoms with E-state index in [1.54, 1.807) is 31.2 Å². The first-order chi connectivity index (χ1) is 13.8. The molecule has 1 aliphatic heterocycles. The predicted molar refractivity (Wildman–Crippen MR) is 104 cm³/mol. The lowest BCUT2D eigenvalue weighted by atomic mass is 9.96. The van der Waals surface area contributed by atoms with Crippen molar-refractivity contribution in [1.82, 2.24) is 10.2 Å². The second kappa shape index (κ2) is 8.53. The Balaban J connectivity index is 1.50. The first kappa shape index (κ1) is 20.7. The third-order valence-electron chi connectivity index (χ3n) is 4.80. The summed E-state index contributed by atoms with van der Waals surface area (Å²) in [4.78, 5) is 50.2. The largest absolute Gasteiger partial charge is 0.454 e. The molecule has 1 unspecified atom stereocenters. The van der Waals surface area contributed by atoms with E-state index < -0.39 is 42.5 Å². The summed E-state index contributed by atoms with van der Waals surface area (Å²) in [5.74, 6) is -1.55. The Morgan fingerprint density at radius 2 is 2.10 bits per heavy atom. The van der Waals surface area contributed by atoms with Crippen molar-refractivity contribution in [2.75, 3.05) is 24.2 Å². The SMILES string of the molecule is CC1(C2CC2)NC(=O)N(CC(=O)OCC(=O)Nc2ccccc2SCC#N)C1=O. The summed E-state index contributed by atoms with van der Waals surface area (Å²) >= 11 is 1.27. The number of benzene rings is 1. The lowest BCUT2D eigenvalue weighted by molar-refractivity contribution is -0.150. The molecule has 2 fully saturated rings. The zero-order valence-electron chi connectivity index (χ0n) is 15.8. The zero-order chi connectivity index (χ0) is 21.0. The molecule has 9 nitrogen and oxygen atoms in total. The molecule has 1 saturated heterocycles. The van der Waals surface area contributed by atoms with E-state index in [9.17, 15) is 19.2 Å². The van der Waals surface area contributed by atoms with E-state index in [2.05, 4.69) is 10.6 Å². The van der Waals surface area contributed by atoms with Crippen LogP contribution in [0.1, 0.15) is 19.8 Å². The molecule has 1 aromatic rings. The normalized spacial score (nSPS) is 20.8. The van der Waals surface area contributed by atoms with Crippen LogP contribution in [0.25, 0.3) is 0 Å². The summed E-state index contributed by atoms with van der Waals surface area (Å²) in [6.07, 6.45) is 1.71. The van der Waals surface area contributed by atoms with Crippen molar-refractivity contribution in [1.29, 1.82) is 5.26 Å². The number of nitrogens with zero attached hydrogens (tertiary/aromatic N) is 2. The minimum Gasteiger partial charge on any atom is -0.454 e. The summed E-state index contributed by atoms with van der Waals surface area (Å²) in [5.41, 5.74) is -0.470. The Morgan fingerprint density at radius 3 is 2.79 bits per heavy atom. The fourth-order valence-electron chi connectivity index (χ4n) is 3.11. The fourth-order valence-corrected chi connectivity index (χ4v) is 3.78. The number of para-hydroxylation sites is 1. The summed E-state index contributed by atoms with van der Waals surface area (Å²) in [6.45, 7) is 0.555. The van der Waals surface area contributed by atoms with Gasteiger partial charge >= 0.3 is 12.0 Å². The quantitative estimate of drug-likeness (QED) is 0.373. The van der Waals surface area contributed by atoms with Crippen molar-refractivity contribution < 1.29 is 23.9 Å². The van der Waals surface area contributed by atoms with Crippen LogP contribution in [0.5, 0.6) is 0 Å². The number of anilines is 1. The molecule has 1 saturated carbocycles. The highest BCUT2D eigenvalue weighted by atomic mass is 32.2. The molecule has 3 rings (SSSR count). The molecule has 1 heterocycles. The van der Waals surface area contributed by atoms with Gasteiger partial charge in [-0.05, 0) is 37.8 Å². The third kappa shape index (κ3) is 4.68. The smallest absolute Gasteiger partial charge is 0.326 e. The first-order valence-electron chi connectivity index (χ1n) is 9.03. The van der Waals surface area contributed by atoms with Gasteiger partial charge in [-0.15, -0.1) is 11.8 Å². The van der Waals surface area contributed by atoms with Crippen molar-refractivity contribution in [3.8, 4) is 6.07 Å². The van der Waals surface area contributed by atoms with Gasteiger partial charge in [-0.1, -0.05) is 12.1 Å². The maximum absolute atomic E-state index is 12.5. The van der Waals surface area contributed by atoms with E-state index in [4.69, 9.17) is 10.00 Å². The van der Waals surface area contributed by atoms with Crippen molar-refractivity contribution in [2.45, 2.75) is 30.2 Å². The number of rotatable bonds is 8. The zero-order valence-corrected chi connectivity index (χ0v) is 16.6. The first-order valence-corrected chi connectivity index (χ1v) is 10.0. The topological polar surface area (TPSA) is 129 Å². The lowest BCUT2D eigenvalue weighted by Gasteiger charge is -2.20. The summed E-state index contributed by atoms with van der Waals surface area (Å²) in [5, 5.41) is 14.0. The van der Waals surface area contributed by atoms with E-state index >= 15 is 0 Å². The highest BCUT2D eigenvalue weighted by Crippen LogP contribution is 2.42. The Bertz CT molecular complexity index is 895. The number of hydrogen-bond donors (Lipinski definition) is 2. The van der Waals surface area contributed by atoms with Crippen LogP contribution in [0.15, 0.2) is 29.2 Å². The molecule has 0 spiro atoms. The van der Waals surface area contributed by atoms with Gasteiger partial charge in [0.2, 0.25) is 0 Å². The monoisotopic (exact) mass is 416 g/mol. The molecular weight excluding hydrogens is 396 g/mol. The molecular formula is C19H20N4O5S. The standard InChI is InChI=1S/C19H20N4O5S/c1-19(12-6-7-12)17(26)23(18(27)22-19)10-16(25)28-11-15(24)21-13-4-2-3-5-14(13)29-9-8-20/h2-5,12H,6-7,9-11H2,1H3,(H,21,24)(H,22,27). The minimum absolute atomic E-state index is 0.0877. The second-order valence-corrected chi connectivity index (χ2v) is 7.97. The van der Waals surface area contributed by atoms with Gasteiger partial charge in [0.25, 0.3) is 11.8 Å². The number of amides is 4. The molecule has 0 radical (unpaired) electrons. The van der Waals surface area contributed by atoms with Crippen LogP contribution >= 0.6 is 11.8 Å². The molecule has 152 valence electrons. The number of urea groups is 1. The maximum atomic E-state index is 12.5. The van der Waals surface area contributed by atoms with Gasteiger partial charge in [0.05, 0.1) is 17.5 Å². The van der Waals surface area contributed by atoms with Crippen LogP contribution < -0.4 is 10.6 Å². The van der Waals surface area contributed by atoms with Gasteiger partial charge in [0, 0.05) is 4.90 Å². The van der Waals surface area contributed by atoms with Gasteiger partial charge in [0.15, 0.2) is 6.61 Å². The van der Waals surface area contributed by atoms with E-state index in [1.165, 1.54) is 11.8 Å². The van der Waals surface area contributed by atoms with Crippen LogP contribution in [0.4, 0.5) is 10.5 Å². The highest BCUT2D eigenvalue weighted by Gasteiger charge is 2.56. The average molecular weight is 416 g/mol. The van der Waals surface area contributed by atoms with E-state index in [0.717, 1.165) is 17.7 Å². The average Bonchev–Trinajstić information content (AvgIpc) is 3.52. The molecule has 0 bridgehead atoms. The van der Waals surface area contributed by atoms with Crippen molar-refractivity contribution in [2.24, 2.45) is 5.92 Å². The van der Waals surface area contributed by atoms with E-state index in [-0.39, 0.29) is 11.7 Å². The number of carbonyl (C=O) groups is 4. The number of nitriles is 1. The highest BCUT2D eigenvalue weighted by molar-refractivity contribution is 7.99. The van der Waals surface area contributed by atoms with Crippen LogP contribution in [0.2, 0.25) is 0 Å². The van der Waals surface area contributed by atoms with E-state index in [1.807, 2.05) is 6.07 Å². The van der Waals surface area contributed by atoms with Gasteiger partial charge < -0.3 is 15.4 Å². The summed E-state index contributed by atoms with van der Waals surface area (Å²) in [6, 6.07) is 8.32. The molecule has 2 aliphatic rings. The number of hydrogen-bond acceptors (Lipinski definition) is 7. The number of imide groups is 1. The van der Waals surface area contributed by atoms with Gasteiger partial charge in [-0.25, -0.2) is 4.79 Å². The van der Waals surface area contributed by atoms with Crippen molar-refractivity contribution in [3.63, 3.8) is 0 Å². The number of ether oxygens (including phenoxy) is 1. The Morgan fingerprint density at radius 1 is 1.38 bits per heavy atom.